The summed E-state index contributed by atoms with van der Waals surface area (Å²) in [7, 11) is 0. The average Bonchev–Trinajstić information content (AvgIpc) is 2.84. The minimum Gasteiger partial charge on any atom is -0.477 e. The Bertz CT molecular complexity index is 602. The minimum atomic E-state index is -0.874. The number of carboxylic acids is 1. The Morgan fingerprint density at radius 3 is 2.45 bits per heavy atom. The molecule has 0 amide bonds. The van der Waals surface area contributed by atoms with Crippen LogP contribution >= 0.6 is 11.3 Å². The van der Waals surface area contributed by atoms with E-state index in [9.17, 15) is 9.90 Å². The molecule has 0 aliphatic rings. The van der Waals surface area contributed by atoms with Gasteiger partial charge < -0.3 is 5.11 Å². The van der Waals surface area contributed by atoms with Crippen molar-refractivity contribution in [3.63, 3.8) is 0 Å². The topological polar surface area (TPSA) is 50.2 Å². The van der Waals surface area contributed by atoms with E-state index in [-0.39, 0.29) is 5.41 Å². The minimum absolute atomic E-state index is 0.163. The highest BCUT2D eigenvalue weighted by Gasteiger charge is 2.28. The maximum Gasteiger partial charge on any atom is 0.347 e. The van der Waals surface area contributed by atoms with Gasteiger partial charge in [0.05, 0.1) is 10.7 Å². The number of rotatable bonds is 5. The first kappa shape index (κ1) is 14.7. The summed E-state index contributed by atoms with van der Waals surface area (Å²) in [5, 5.41) is 10.1. The predicted molar refractivity (Wildman–Crippen MR) is 81.6 cm³/mol. The lowest BCUT2D eigenvalue weighted by Gasteiger charge is -2.22. The molecule has 0 radical (unpaired) electrons. The summed E-state index contributed by atoms with van der Waals surface area (Å²) in [4.78, 5) is 16.2. The molecule has 1 aromatic heterocycles. The summed E-state index contributed by atoms with van der Waals surface area (Å²) in [6.45, 7) is 6.17. The molecule has 0 aliphatic carbocycles. The number of hydrogen-bond donors (Lipinski definition) is 1. The van der Waals surface area contributed by atoms with Crippen molar-refractivity contribution in [3.8, 4) is 0 Å². The van der Waals surface area contributed by atoms with Gasteiger partial charge in [0, 0.05) is 5.41 Å². The van der Waals surface area contributed by atoms with Crippen LogP contribution in [0.4, 0.5) is 0 Å². The molecule has 1 aromatic carbocycles. The van der Waals surface area contributed by atoms with Gasteiger partial charge in [0.15, 0.2) is 0 Å². The van der Waals surface area contributed by atoms with Crippen molar-refractivity contribution in [1.29, 1.82) is 0 Å². The molecule has 2 aromatic rings. The van der Waals surface area contributed by atoms with Crippen molar-refractivity contribution in [2.45, 2.75) is 39.0 Å². The van der Waals surface area contributed by atoms with Crippen molar-refractivity contribution in [1.82, 2.24) is 4.98 Å². The molecule has 106 valence electrons. The van der Waals surface area contributed by atoms with Gasteiger partial charge in [-0.05, 0) is 18.4 Å². The van der Waals surface area contributed by atoms with E-state index in [1.807, 2.05) is 25.1 Å². The Kier molecular flexibility index (Phi) is 4.23. The SMILES string of the molecule is CCc1nc(C(C)(C)Cc2ccccc2)sc1C(=O)O. The molecule has 20 heavy (non-hydrogen) atoms. The number of aromatic nitrogens is 1. The highest BCUT2D eigenvalue weighted by atomic mass is 32.1. The van der Waals surface area contributed by atoms with Gasteiger partial charge in [0.1, 0.15) is 4.88 Å². The molecule has 3 nitrogen and oxygen atoms in total. The fourth-order valence-electron chi connectivity index (χ4n) is 2.23. The van der Waals surface area contributed by atoms with Crippen LogP contribution in [0.1, 0.15) is 46.7 Å². The lowest BCUT2D eigenvalue weighted by molar-refractivity contribution is 0.0701. The van der Waals surface area contributed by atoms with Crippen LogP contribution < -0.4 is 0 Å². The summed E-state index contributed by atoms with van der Waals surface area (Å²) in [5.41, 5.74) is 1.77. The second-order valence-electron chi connectivity index (χ2n) is 5.50. The summed E-state index contributed by atoms with van der Waals surface area (Å²) in [5.74, 6) is -0.874. The summed E-state index contributed by atoms with van der Waals surface area (Å²) >= 11 is 1.31. The first-order chi connectivity index (χ1) is 9.44. The van der Waals surface area contributed by atoms with Crippen LogP contribution in [0, 0.1) is 0 Å². The zero-order chi connectivity index (χ0) is 14.8. The van der Waals surface area contributed by atoms with Crippen LogP contribution in [0.25, 0.3) is 0 Å². The van der Waals surface area contributed by atoms with E-state index in [2.05, 4.69) is 31.0 Å². The Morgan fingerprint density at radius 2 is 1.95 bits per heavy atom. The third-order valence-corrected chi connectivity index (χ3v) is 4.75. The Labute approximate surface area is 123 Å². The molecule has 0 saturated carbocycles. The second kappa shape index (κ2) is 5.75. The smallest absolute Gasteiger partial charge is 0.347 e. The Balaban J connectivity index is 2.32. The van der Waals surface area contributed by atoms with Crippen LogP contribution in [0.15, 0.2) is 30.3 Å². The average molecular weight is 289 g/mol. The zero-order valence-corrected chi connectivity index (χ0v) is 12.8. The fourth-order valence-corrected chi connectivity index (χ4v) is 3.32. The summed E-state index contributed by atoms with van der Waals surface area (Å²) in [6.07, 6.45) is 1.50. The van der Waals surface area contributed by atoms with Crippen LogP contribution in [-0.2, 0) is 18.3 Å². The van der Waals surface area contributed by atoms with E-state index in [0.717, 1.165) is 11.4 Å². The zero-order valence-electron chi connectivity index (χ0n) is 12.0. The molecule has 0 atom stereocenters. The maximum atomic E-state index is 11.2. The quantitative estimate of drug-likeness (QED) is 0.907. The lowest BCUT2D eigenvalue weighted by atomic mass is 9.86. The predicted octanol–water partition coefficient (Wildman–Crippen LogP) is 3.92. The fraction of sp³-hybridized carbons (Fsp3) is 0.375. The third-order valence-electron chi connectivity index (χ3n) is 3.29. The van der Waals surface area contributed by atoms with E-state index in [1.54, 1.807) is 0 Å². The van der Waals surface area contributed by atoms with E-state index in [0.29, 0.717) is 17.0 Å². The van der Waals surface area contributed by atoms with Crippen LogP contribution in [-0.4, -0.2) is 16.1 Å². The molecule has 0 aliphatic heterocycles. The molecular formula is C16H19NO2S. The van der Waals surface area contributed by atoms with Gasteiger partial charge in [0.2, 0.25) is 0 Å². The number of nitrogens with zero attached hydrogens (tertiary/aromatic N) is 1. The number of hydrogen-bond acceptors (Lipinski definition) is 3. The largest absolute Gasteiger partial charge is 0.477 e. The van der Waals surface area contributed by atoms with Gasteiger partial charge in [-0.3, -0.25) is 0 Å². The molecule has 0 unspecified atom stereocenters. The van der Waals surface area contributed by atoms with Gasteiger partial charge in [-0.15, -0.1) is 11.3 Å². The van der Waals surface area contributed by atoms with E-state index < -0.39 is 5.97 Å². The number of aromatic carboxylic acids is 1. The maximum absolute atomic E-state index is 11.2. The van der Waals surface area contributed by atoms with Gasteiger partial charge in [-0.1, -0.05) is 51.1 Å². The Hall–Kier alpha value is -1.68. The molecule has 1 heterocycles. The molecule has 1 N–H and O–H groups in total. The van der Waals surface area contributed by atoms with Gasteiger partial charge in [-0.25, -0.2) is 9.78 Å². The number of carboxylic acid groups (broad SMARTS) is 1. The van der Waals surface area contributed by atoms with Crippen molar-refractivity contribution in [3.05, 3.63) is 51.5 Å². The van der Waals surface area contributed by atoms with Crippen molar-refractivity contribution >= 4 is 17.3 Å². The van der Waals surface area contributed by atoms with Crippen molar-refractivity contribution < 1.29 is 9.90 Å². The molecule has 0 saturated heterocycles. The molecule has 0 fully saturated rings. The van der Waals surface area contributed by atoms with Crippen LogP contribution in [0.5, 0.6) is 0 Å². The first-order valence-electron chi connectivity index (χ1n) is 6.71. The van der Waals surface area contributed by atoms with Gasteiger partial charge in [-0.2, -0.15) is 0 Å². The first-order valence-corrected chi connectivity index (χ1v) is 7.53. The van der Waals surface area contributed by atoms with Gasteiger partial charge in [0.25, 0.3) is 0 Å². The molecular weight excluding hydrogens is 270 g/mol. The summed E-state index contributed by atoms with van der Waals surface area (Å²) in [6, 6.07) is 10.2. The molecule has 0 bridgehead atoms. The van der Waals surface area contributed by atoms with E-state index in [1.165, 1.54) is 16.9 Å². The molecule has 4 heteroatoms. The standard InChI is InChI=1S/C16H19NO2S/c1-4-12-13(14(18)19)20-15(17-12)16(2,3)10-11-8-6-5-7-9-11/h5-9H,4,10H2,1-3H3,(H,18,19). The third kappa shape index (κ3) is 3.07. The monoisotopic (exact) mass is 289 g/mol. The van der Waals surface area contributed by atoms with Crippen LogP contribution in [0.3, 0.4) is 0 Å². The molecule has 2 rings (SSSR count). The van der Waals surface area contributed by atoms with E-state index >= 15 is 0 Å². The normalized spacial score (nSPS) is 11.6. The van der Waals surface area contributed by atoms with Crippen molar-refractivity contribution in [2.75, 3.05) is 0 Å². The second-order valence-corrected chi connectivity index (χ2v) is 6.50. The van der Waals surface area contributed by atoms with E-state index in [4.69, 9.17) is 0 Å². The number of aryl methyl sites for hydroxylation is 1. The van der Waals surface area contributed by atoms with Crippen LogP contribution in [0.2, 0.25) is 0 Å². The number of benzene rings is 1. The molecule has 0 spiro atoms. The highest BCUT2D eigenvalue weighted by molar-refractivity contribution is 7.13. The number of carbonyl (C=O) groups is 1. The number of thiazole rings is 1. The Morgan fingerprint density at radius 1 is 1.30 bits per heavy atom. The van der Waals surface area contributed by atoms with Crippen molar-refractivity contribution in [2.24, 2.45) is 0 Å². The lowest BCUT2D eigenvalue weighted by Crippen LogP contribution is -2.20. The van der Waals surface area contributed by atoms with Gasteiger partial charge >= 0.3 is 5.97 Å². The highest BCUT2D eigenvalue weighted by Crippen LogP contribution is 2.33. The summed E-state index contributed by atoms with van der Waals surface area (Å²) < 4.78 is 0.